The predicted molar refractivity (Wildman–Crippen MR) is 68.0 cm³/mol. The summed E-state index contributed by atoms with van der Waals surface area (Å²) in [5.74, 6) is 0.649. The van der Waals surface area contributed by atoms with Crippen molar-refractivity contribution in [1.29, 1.82) is 0 Å². The molecule has 1 aromatic heterocycles. The number of amides is 1. The summed E-state index contributed by atoms with van der Waals surface area (Å²) in [6.45, 7) is 2.37. The lowest BCUT2D eigenvalue weighted by Gasteiger charge is -2.07. The van der Waals surface area contributed by atoms with E-state index in [9.17, 15) is 4.79 Å². The van der Waals surface area contributed by atoms with Gasteiger partial charge in [-0.1, -0.05) is 0 Å². The Hall–Kier alpha value is -2.37. The molecule has 1 amide bonds. The average Bonchev–Trinajstić information content (AvgIpc) is 2.81. The van der Waals surface area contributed by atoms with Crippen molar-refractivity contribution in [2.75, 3.05) is 12.3 Å². The number of benzene rings is 1. The van der Waals surface area contributed by atoms with Crippen LogP contribution in [0.5, 0.6) is 0 Å². The molecule has 0 atom stereocenters. The third kappa shape index (κ3) is 2.85. The maximum Gasteiger partial charge on any atom is 0.251 e. The number of nitrogen functional groups attached to an aromatic ring is 1. The number of nitrogens with two attached hydrogens (primary N) is 1. The fourth-order valence-corrected chi connectivity index (χ4v) is 1.68. The predicted octanol–water partition coefficient (Wildman–Crippen LogP) is 0.668. The van der Waals surface area contributed by atoms with E-state index in [1.807, 2.05) is 6.92 Å². The highest BCUT2D eigenvalue weighted by Crippen LogP contribution is 2.12. The fraction of sp³-hybridized carbons (Fsp3) is 0.250. The normalized spacial score (nSPS) is 10.3. The Morgan fingerprint density at radius 2 is 2.33 bits per heavy atom. The minimum atomic E-state index is -0.105. The van der Waals surface area contributed by atoms with Gasteiger partial charge in [-0.05, 0) is 30.7 Å². The van der Waals surface area contributed by atoms with Crippen LogP contribution in [0.3, 0.4) is 0 Å². The largest absolute Gasteiger partial charge is 0.399 e. The molecule has 1 aromatic carbocycles. The molecule has 18 heavy (non-hydrogen) atoms. The molecule has 2 rings (SSSR count). The molecule has 0 radical (unpaired) electrons. The van der Waals surface area contributed by atoms with Gasteiger partial charge in [0.15, 0.2) is 0 Å². The van der Waals surface area contributed by atoms with Gasteiger partial charge in [-0.2, -0.15) is 5.10 Å². The van der Waals surface area contributed by atoms with Gasteiger partial charge in [0.1, 0.15) is 12.2 Å². The van der Waals surface area contributed by atoms with Crippen molar-refractivity contribution in [2.24, 2.45) is 0 Å². The molecule has 0 spiro atoms. The zero-order valence-corrected chi connectivity index (χ0v) is 10.1. The number of carbonyl (C=O) groups excluding carboxylic acids is 1. The van der Waals surface area contributed by atoms with Crippen LogP contribution in [0, 0.1) is 6.92 Å². The number of anilines is 1. The van der Waals surface area contributed by atoms with E-state index in [1.54, 1.807) is 18.2 Å². The summed E-state index contributed by atoms with van der Waals surface area (Å²) in [7, 11) is 0. The van der Waals surface area contributed by atoms with Gasteiger partial charge in [-0.15, -0.1) is 0 Å². The van der Waals surface area contributed by atoms with E-state index in [-0.39, 0.29) is 5.91 Å². The second-order valence-electron chi connectivity index (χ2n) is 4.01. The monoisotopic (exact) mass is 245 g/mol. The van der Waals surface area contributed by atoms with Crippen LogP contribution in [-0.2, 0) is 6.42 Å². The van der Waals surface area contributed by atoms with Gasteiger partial charge in [-0.3, -0.25) is 9.89 Å². The van der Waals surface area contributed by atoms with E-state index < -0.39 is 0 Å². The first kappa shape index (κ1) is 12.1. The summed E-state index contributed by atoms with van der Waals surface area (Å²) in [5.41, 5.74) is 7.81. The van der Waals surface area contributed by atoms with Crippen molar-refractivity contribution in [1.82, 2.24) is 20.5 Å². The summed E-state index contributed by atoms with van der Waals surface area (Å²) in [6, 6.07) is 5.23. The number of rotatable bonds is 4. The average molecular weight is 245 g/mol. The molecule has 94 valence electrons. The Bertz CT molecular complexity index is 535. The molecule has 1 heterocycles. The standard InChI is InChI=1S/C12H15N5O/c1-8-6-9(13)2-3-10(8)12(18)14-5-4-11-15-7-16-17-11/h2-3,6-7H,4-5,13H2,1H3,(H,14,18)(H,15,16,17). The molecule has 2 aromatic rings. The quantitative estimate of drug-likeness (QED) is 0.689. The number of hydrogen-bond acceptors (Lipinski definition) is 4. The van der Waals surface area contributed by atoms with Crippen LogP contribution in [0.25, 0.3) is 0 Å². The van der Waals surface area contributed by atoms with Crippen molar-refractivity contribution >= 4 is 11.6 Å². The Balaban J connectivity index is 1.91. The molecule has 0 unspecified atom stereocenters. The molecular formula is C12H15N5O. The van der Waals surface area contributed by atoms with Gasteiger partial charge in [-0.25, -0.2) is 4.98 Å². The molecule has 6 heteroatoms. The third-order valence-electron chi connectivity index (χ3n) is 2.61. The minimum Gasteiger partial charge on any atom is -0.399 e. The molecule has 0 aliphatic heterocycles. The fourth-order valence-electron chi connectivity index (χ4n) is 1.68. The molecule has 0 saturated carbocycles. The maximum absolute atomic E-state index is 11.9. The third-order valence-corrected chi connectivity index (χ3v) is 2.61. The minimum absolute atomic E-state index is 0.105. The first-order valence-corrected chi connectivity index (χ1v) is 5.65. The van der Waals surface area contributed by atoms with E-state index >= 15 is 0 Å². The second-order valence-corrected chi connectivity index (χ2v) is 4.01. The van der Waals surface area contributed by atoms with Crippen molar-refractivity contribution < 1.29 is 4.79 Å². The number of aryl methyl sites for hydroxylation is 1. The molecule has 0 saturated heterocycles. The lowest BCUT2D eigenvalue weighted by molar-refractivity contribution is 0.0953. The first-order valence-electron chi connectivity index (χ1n) is 5.65. The van der Waals surface area contributed by atoms with Gasteiger partial charge in [0, 0.05) is 24.2 Å². The summed E-state index contributed by atoms with van der Waals surface area (Å²) < 4.78 is 0. The van der Waals surface area contributed by atoms with E-state index in [0.717, 1.165) is 11.4 Å². The molecule has 4 N–H and O–H groups in total. The van der Waals surface area contributed by atoms with Crippen molar-refractivity contribution in [3.8, 4) is 0 Å². The van der Waals surface area contributed by atoms with Crippen LogP contribution in [0.2, 0.25) is 0 Å². The number of H-pyrrole nitrogens is 1. The van der Waals surface area contributed by atoms with Crippen LogP contribution < -0.4 is 11.1 Å². The zero-order chi connectivity index (χ0) is 13.0. The number of carbonyl (C=O) groups is 1. The highest BCUT2D eigenvalue weighted by atomic mass is 16.1. The van der Waals surface area contributed by atoms with Crippen LogP contribution in [0.1, 0.15) is 21.7 Å². The van der Waals surface area contributed by atoms with Crippen LogP contribution in [0.4, 0.5) is 5.69 Å². The van der Waals surface area contributed by atoms with Crippen LogP contribution >= 0.6 is 0 Å². The van der Waals surface area contributed by atoms with Gasteiger partial charge >= 0.3 is 0 Å². The Kier molecular flexibility index (Phi) is 3.57. The zero-order valence-electron chi connectivity index (χ0n) is 10.1. The van der Waals surface area contributed by atoms with Crippen LogP contribution in [0.15, 0.2) is 24.5 Å². The van der Waals surface area contributed by atoms with Crippen molar-refractivity contribution in [3.05, 3.63) is 41.5 Å². The summed E-state index contributed by atoms with van der Waals surface area (Å²) in [6.07, 6.45) is 2.07. The van der Waals surface area contributed by atoms with E-state index in [4.69, 9.17) is 5.73 Å². The summed E-state index contributed by atoms with van der Waals surface area (Å²) in [5, 5.41) is 9.31. The molecule has 6 nitrogen and oxygen atoms in total. The summed E-state index contributed by atoms with van der Waals surface area (Å²) >= 11 is 0. The van der Waals surface area contributed by atoms with E-state index in [2.05, 4.69) is 20.5 Å². The van der Waals surface area contributed by atoms with Crippen molar-refractivity contribution in [2.45, 2.75) is 13.3 Å². The van der Waals surface area contributed by atoms with Crippen LogP contribution in [-0.4, -0.2) is 27.6 Å². The van der Waals surface area contributed by atoms with E-state index in [0.29, 0.717) is 24.2 Å². The number of nitrogens with one attached hydrogen (secondary N) is 2. The topological polar surface area (TPSA) is 96.7 Å². The van der Waals surface area contributed by atoms with Gasteiger partial charge < -0.3 is 11.1 Å². The number of hydrogen-bond donors (Lipinski definition) is 3. The molecular weight excluding hydrogens is 230 g/mol. The van der Waals surface area contributed by atoms with Crippen molar-refractivity contribution in [3.63, 3.8) is 0 Å². The lowest BCUT2D eigenvalue weighted by atomic mass is 10.1. The number of aromatic amines is 1. The second kappa shape index (κ2) is 5.31. The highest BCUT2D eigenvalue weighted by Gasteiger charge is 2.08. The highest BCUT2D eigenvalue weighted by molar-refractivity contribution is 5.95. The smallest absolute Gasteiger partial charge is 0.251 e. The number of nitrogens with zero attached hydrogens (tertiary/aromatic N) is 2. The molecule has 0 fully saturated rings. The lowest BCUT2D eigenvalue weighted by Crippen LogP contribution is -2.26. The Morgan fingerprint density at radius 3 is 3.00 bits per heavy atom. The summed E-state index contributed by atoms with van der Waals surface area (Å²) in [4.78, 5) is 15.9. The molecule has 0 bridgehead atoms. The van der Waals surface area contributed by atoms with Gasteiger partial charge in [0.2, 0.25) is 0 Å². The van der Waals surface area contributed by atoms with E-state index in [1.165, 1.54) is 6.33 Å². The first-order chi connectivity index (χ1) is 8.66. The molecule has 0 aliphatic carbocycles. The van der Waals surface area contributed by atoms with Gasteiger partial charge in [0.25, 0.3) is 5.91 Å². The van der Waals surface area contributed by atoms with Gasteiger partial charge in [0.05, 0.1) is 0 Å². The molecule has 0 aliphatic rings. The Labute approximate surface area is 105 Å². The SMILES string of the molecule is Cc1cc(N)ccc1C(=O)NCCc1ncn[nH]1. The number of aromatic nitrogens is 3. The Morgan fingerprint density at radius 1 is 1.50 bits per heavy atom. The maximum atomic E-state index is 11.9.